The Kier molecular flexibility index (Phi) is 11.4. The molecular weight excluding hydrogens is 555 g/mol. The Morgan fingerprint density at radius 2 is 1.44 bits per heavy atom. The number of hydrogen-bond donors (Lipinski definition) is 1. The summed E-state index contributed by atoms with van der Waals surface area (Å²) < 4.78 is 29.1. The van der Waals surface area contributed by atoms with Crippen LogP contribution in [-0.4, -0.2) is 50.5 Å². The maximum absolute atomic E-state index is 14.1. The lowest BCUT2D eigenvalue weighted by Gasteiger charge is -2.33. The third-order valence-corrected chi connectivity index (χ3v) is 9.32. The zero-order valence-electron chi connectivity index (χ0n) is 24.8. The van der Waals surface area contributed by atoms with Crippen molar-refractivity contribution < 1.29 is 18.0 Å². The fourth-order valence-electron chi connectivity index (χ4n) is 4.35. The summed E-state index contributed by atoms with van der Waals surface area (Å²) in [6.07, 6.45) is 2.31. The number of nitrogens with one attached hydrogen (secondary N) is 1. The predicted molar refractivity (Wildman–Crippen MR) is 168 cm³/mol. The number of hydrogen-bond acceptors (Lipinski definition) is 5. The first kappa shape index (κ1) is 32.2. The number of nitrogens with zero attached hydrogens (tertiary/aromatic N) is 2. The first-order chi connectivity index (χ1) is 19.5. The number of sulfonamides is 1. The van der Waals surface area contributed by atoms with Gasteiger partial charge in [0.15, 0.2) is 0 Å². The van der Waals surface area contributed by atoms with Crippen LogP contribution >= 0.6 is 11.8 Å². The van der Waals surface area contributed by atoms with Crippen LogP contribution in [0.15, 0.2) is 82.6 Å². The van der Waals surface area contributed by atoms with Crippen molar-refractivity contribution in [3.63, 3.8) is 0 Å². The zero-order chi connectivity index (χ0) is 30.2. The van der Waals surface area contributed by atoms with Gasteiger partial charge in [-0.15, -0.1) is 11.8 Å². The summed E-state index contributed by atoms with van der Waals surface area (Å²) in [5.41, 5.74) is 3.29. The minimum atomic E-state index is -4.10. The number of amides is 2. The van der Waals surface area contributed by atoms with E-state index in [0.717, 1.165) is 25.9 Å². The lowest BCUT2D eigenvalue weighted by molar-refractivity contribution is -0.140. The van der Waals surface area contributed by atoms with Gasteiger partial charge in [-0.3, -0.25) is 13.9 Å². The molecule has 0 fully saturated rings. The van der Waals surface area contributed by atoms with Crippen LogP contribution in [0.5, 0.6) is 0 Å². The van der Waals surface area contributed by atoms with E-state index < -0.39 is 28.5 Å². The number of rotatable bonds is 13. The van der Waals surface area contributed by atoms with Gasteiger partial charge in [-0.2, -0.15) is 0 Å². The quantitative estimate of drug-likeness (QED) is 0.253. The van der Waals surface area contributed by atoms with Crippen LogP contribution in [0.1, 0.15) is 43.9 Å². The molecule has 3 aromatic carbocycles. The van der Waals surface area contributed by atoms with Crippen molar-refractivity contribution in [1.29, 1.82) is 0 Å². The van der Waals surface area contributed by atoms with E-state index in [4.69, 9.17) is 0 Å². The molecule has 41 heavy (non-hydrogen) atoms. The van der Waals surface area contributed by atoms with E-state index in [2.05, 4.69) is 5.32 Å². The van der Waals surface area contributed by atoms with Crippen molar-refractivity contribution >= 4 is 39.3 Å². The molecule has 0 aromatic heterocycles. The lowest BCUT2D eigenvalue weighted by atomic mass is 10.1. The third kappa shape index (κ3) is 8.60. The van der Waals surface area contributed by atoms with Crippen LogP contribution in [0.2, 0.25) is 0 Å². The SMILES string of the molecule is CC[C@@H](C(=O)NCC(C)C)N(Cc1ccc(C)cc1)C(=O)CN(c1ccc(C)cc1)S(=O)(=O)c1ccc(SC)cc1. The molecule has 1 N–H and O–H groups in total. The predicted octanol–water partition coefficient (Wildman–Crippen LogP) is 5.80. The molecule has 0 aliphatic heterocycles. The van der Waals surface area contributed by atoms with Crippen LogP contribution in [-0.2, 0) is 26.2 Å². The number of benzene rings is 3. The molecule has 9 heteroatoms. The first-order valence-electron chi connectivity index (χ1n) is 13.8. The summed E-state index contributed by atoms with van der Waals surface area (Å²) in [5, 5.41) is 2.95. The lowest BCUT2D eigenvalue weighted by Crippen LogP contribution is -2.52. The molecule has 1 atom stereocenters. The van der Waals surface area contributed by atoms with Gasteiger partial charge < -0.3 is 10.2 Å². The highest BCUT2D eigenvalue weighted by Gasteiger charge is 2.33. The molecule has 0 radical (unpaired) electrons. The second-order valence-corrected chi connectivity index (χ2v) is 13.3. The summed E-state index contributed by atoms with van der Waals surface area (Å²) in [4.78, 5) is 30.0. The van der Waals surface area contributed by atoms with Crippen molar-refractivity contribution in [3.05, 3.63) is 89.5 Å². The van der Waals surface area contributed by atoms with Crippen molar-refractivity contribution in [2.45, 2.75) is 63.4 Å². The molecule has 0 saturated carbocycles. The summed E-state index contributed by atoms with van der Waals surface area (Å²) in [6, 6.07) is 20.7. The number of anilines is 1. The Balaban J connectivity index is 2.03. The van der Waals surface area contributed by atoms with E-state index in [1.54, 1.807) is 36.4 Å². The molecule has 0 heterocycles. The maximum atomic E-state index is 14.1. The minimum Gasteiger partial charge on any atom is -0.354 e. The van der Waals surface area contributed by atoms with Crippen molar-refractivity contribution in [3.8, 4) is 0 Å². The van der Waals surface area contributed by atoms with Crippen molar-refractivity contribution in [2.24, 2.45) is 5.92 Å². The number of aryl methyl sites for hydroxylation is 2. The van der Waals surface area contributed by atoms with Crippen LogP contribution in [0.4, 0.5) is 5.69 Å². The Bertz CT molecular complexity index is 1400. The van der Waals surface area contributed by atoms with Crippen LogP contribution in [0.3, 0.4) is 0 Å². The fourth-order valence-corrected chi connectivity index (χ4v) is 6.17. The fraction of sp³-hybridized carbons (Fsp3) is 0.375. The van der Waals surface area contributed by atoms with Crippen LogP contribution < -0.4 is 9.62 Å². The molecule has 0 aliphatic rings. The van der Waals surface area contributed by atoms with E-state index in [9.17, 15) is 18.0 Å². The van der Waals surface area contributed by atoms with Gasteiger partial charge in [0.2, 0.25) is 11.8 Å². The molecule has 3 rings (SSSR count). The van der Waals surface area contributed by atoms with Gasteiger partial charge >= 0.3 is 0 Å². The molecule has 0 unspecified atom stereocenters. The molecule has 0 aliphatic carbocycles. The van der Waals surface area contributed by atoms with E-state index in [-0.39, 0.29) is 23.3 Å². The standard InChI is InChI=1S/C32H41N3O4S2/c1-7-30(32(37)33-20-23(2)3)34(21-26-12-8-24(4)9-13-26)31(36)22-35(27-14-10-25(5)11-15-27)41(38,39)29-18-16-28(40-6)17-19-29/h8-19,23,30H,7,20-22H2,1-6H3,(H,33,37)/t30-/m0/s1. The van der Waals surface area contributed by atoms with Gasteiger partial charge in [-0.1, -0.05) is 68.3 Å². The smallest absolute Gasteiger partial charge is 0.264 e. The van der Waals surface area contributed by atoms with Gasteiger partial charge in [0.25, 0.3) is 10.0 Å². The summed E-state index contributed by atoms with van der Waals surface area (Å²) in [6.45, 7) is 9.98. The third-order valence-electron chi connectivity index (χ3n) is 6.79. The highest BCUT2D eigenvalue weighted by Crippen LogP contribution is 2.27. The normalized spacial score (nSPS) is 12.2. The van der Waals surface area contributed by atoms with Crippen LogP contribution in [0.25, 0.3) is 0 Å². The largest absolute Gasteiger partial charge is 0.354 e. The molecule has 0 bridgehead atoms. The van der Waals surface area contributed by atoms with Gasteiger partial charge in [-0.25, -0.2) is 8.42 Å². The second kappa shape index (κ2) is 14.5. The number of thioether (sulfide) groups is 1. The highest BCUT2D eigenvalue weighted by molar-refractivity contribution is 7.98. The molecule has 0 spiro atoms. The van der Waals surface area contributed by atoms with Crippen molar-refractivity contribution in [1.82, 2.24) is 10.2 Å². The Morgan fingerprint density at radius 1 is 0.878 bits per heavy atom. The molecule has 220 valence electrons. The van der Waals surface area contributed by atoms with Crippen molar-refractivity contribution in [2.75, 3.05) is 23.7 Å². The summed E-state index contributed by atoms with van der Waals surface area (Å²) in [5.74, 6) is -0.460. The van der Waals surface area contributed by atoms with E-state index in [1.165, 1.54) is 16.7 Å². The topological polar surface area (TPSA) is 86.8 Å². The van der Waals surface area contributed by atoms with E-state index in [1.807, 2.05) is 77.3 Å². The Labute approximate surface area is 249 Å². The van der Waals surface area contributed by atoms with Gasteiger partial charge in [0.05, 0.1) is 10.6 Å². The molecular formula is C32H41N3O4S2. The first-order valence-corrected chi connectivity index (χ1v) is 16.5. The number of carbonyl (C=O) groups is 2. The maximum Gasteiger partial charge on any atom is 0.264 e. The minimum absolute atomic E-state index is 0.0930. The second-order valence-electron chi connectivity index (χ2n) is 10.6. The van der Waals surface area contributed by atoms with E-state index in [0.29, 0.717) is 18.7 Å². The van der Waals surface area contributed by atoms with E-state index >= 15 is 0 Å². The average molecular weight is 596 g/mol. The Morgan fingerprint density at radius 3 is 1.95 bits per heavy atom. The van der Waals surface area contributed by atoms with Gasteiger partial charge in [0.1, 0.15) is 12.6 Å². The van der Waals surface area contributed by atoms with Gasteiger partial charge in [-0.05, 0) is 74.4 Å². The summed E-state index contributed by atoms with van der Waals surface area (Å²) >= 11 is 1.52. The van der Waals surface area contributed by atoms with Crippen LogP contribution in [0, 0.1) is 19.8 Å². The molecule has 3 aromatic rings. The van der Waals surface area contributed by atoms with Gasteiger partial charge in [0, 0.05) is 18.0 Å². The monoisotopic (exact) mass is 595 g/mol. The molecule has 2 amide bonds. The Hall–Kier alpha value is -3.30. The number of carbonyl (C=O) groups excluding carboxylic acids is 2. The highest BCUT2D eigenvalue weighted by atomic mass is 32.2. The average Bonchev–Trinajstić information content (AvgIpc) is 2.96. The summed E-state index contributed by atoms with van der Waals surface area (Å²) in [7, 11) is -4.10. The molecule has 0 saturated heterocycles. The zero-order valence-corrected chi connectivity index (χ0v) is 26.4. The molecule has 7 nitrogen and oxygen atoms in total.